The zero-order chi connectivity index (χ0) is 19.5. The predicted octanol–water partition coefficient (Wildman–Crippen LogP) is 1.90. The van der Waals surface area contributed by atoms with Gasteiger partial charge in [-0.05, 0) is 36.4 Å². The van der Waals surface area contributed by atoms with Gasteiger partial charge in [-0.3, -0.25) is 19.1 Å². The molecule has 0 aliphatic rings. The minimum Gasteiger partial charge on any atom is -0.326 e. The van der Waals surface area contributed by atoms with Crippen LogP contribution in [0.3, 0.4) is 0 Å². The Labute approximate surface area is 159 Å². The normalized spacial score (nSPS) is 10.9. The number of carbonyl (C=O) groups is 1. The monoisotopic (exact) mass is 375 g/mol. The van der Waals surface area contributed by atoms with E-state index in [0.717, 1.165) is 5.69 Å². The van der Waals surface area contributed by atoms with E-state index in [1.54, 1.807) is 48.9 Å². The van der Waals surface area contributed by atoms with Gasteiger partial charge in [-0.15, -0.1) is 0 Å². The van der Waals surface area contributed by atoms with Crippen LogP contribution in [0.1, 0.15) is 6.42 Å². The van der Waals surface area contributed by atoms with Crippen molar-refractivity contribution in [3.05, 3.63) is 88.1 Å². The Balaban J connectivity index is 1.46. The van der Waals surface area contributed by atoms with Gasteiger partial charge in [0.15, 0.2) is 0 Å². The second-order valence-corrected chi connectivity index (χ2v) is 6.24. The zero-order valence-electron chi connectivity index (χ0n) is 14.8. The average molecular weight is 375 g/mol. The van der Waals surface area contributed by atoms with Crippen molar-refractivity contribution in [3.8, 4) is 5.69 Å². The predicted molar refractivity (Wildman–Crippen MR) is 106 cm³/mol. The second kappa shape index (κ2) is 7.36. The van der Waals surface area contributed by atoms with Gasteiger partial charge in [-0.1, -0.05) is 12.1 Å². The summed E-state index contributed by atoms with van der Waals surface area (Å²) in [4.78, 5) is 42.6. The molecule has 8 heteroatoms. The molecule has 1 amide bonds. The number of hydrogen-bond acceptors (Lipinski definition) is 4. The van der Waals surface area contributed by atoms with Crippen molar-refractivity contribution in [1.82, 2.24) is 19.1 Å². The summed E-state index contributed by atoms with van der Waals surface area (Å²) >= 11 is 0. The molecule has 28 heavy (non-hydrogen) atoms. The minimum atomic E-state index is -0.527. The molecule has 0 saturated heterocycles. The molecule has 4 rings (SSSR count). The topological polar surface area (TPSA) is 102 Å². The molecule has 0 fully saturated rings. The summed E-state index contributed by atoms with van der Waals surface area (Å²) < 4.78 is 3.26. The van der Waals surface area contributed by atoms with Crippen LogP contribution in [0.15, 0.2) is 76.8 Å². The van der Waals surface area contributed by atoms with Gasteiger partial charge in [0, 0.05) is 36.7 Å². The molecule has 0 aliphatic heterocycles. The number of rotatable bonds is 5. The van der Waals surface area contributed by atoms with Crippen LogP contribution < -0.4 is 16.6 Å². The fourth-order valence-electron chi connectivity index (χ4n) is 3.03. The molecule has 0 spiro atoms. The van der Waals surface area contributed by atoms with Crippen LogP contribution in [0.4, 0.5) is 5.69 Å². The molecular weight excluding hydrogens is 358 g/mol. The maximum Gasteiger partial charge on any atom is 0.328 e. The number of para-hydroxylation sites is 1. The highest BCUT2D eigenvalue weighted by Gasteiger charge is 2.09. The summed E-state index contributed by atoms with van der Waals surface area (Å²) in [6.07, 6.45) is 5.32. The largest absolute Gasteiger partial charge is 0.328 e. The Kier molecular flexibility index (Phi) is 4.59. The molecule has 2 heterocycles. The van der Waals surface area contributed by atoms with Gasteiger partial charge in [0.2, 0.25) is 5.91 Å². The molecule has 2 N–H and O–H groups in total. The summed E-state index contributed by atoms with van der Waals surface area (Å²) in [5, 5.41) is 3.23. The molecule has 2 aromatic heterocycles. The first-order valence-corrected chi connectivity index (χ1v) is 8.72. The van der Waals surface area contributed by atoms with Crippen LogP contribution in [-0.2, 0) is 11.3 Å². The number of aryl methyl sites for hydroxylation is 1. The van der Waals surface area contributed by atoms with Crippen LogP contribution >= 0.6 is 0 Å². The summed E-state index contributed by atoms with van der Waals surface area (Å²) in [6, 6.07) is 14.2. The first-order valence-electron chi connectivity index (χ1n) is 8.72. The SMILES string of the molecule is O=C(CCn1c(=O)[nH]c(=O)c2ccccc21)Nc1ccc(-n2ccnc2)cc1. The van der Waals surface area contributed by atoms with E-state index in [1.165, 1.54) is 4.57 Å². The van der Waals surface area contributed by atoms with E-state index in [0.29, 0.717) is 16.6 Å². The summed E-state index contributed by atoms with van der Waals surface area (Å²) in [5.41, 5.74) is 1.14. The molecule has 0 aliphatic carbocycles. The van der Waals surface area contributed by atoms with Gasteiger partial charge >= 0.3 is 5.69 Å². The van der Waals surface area contributed by atoms with E-state index in [9.17, 15) is 14.4 Å². The van der Waals surface area contributed by atoms with Crippen molar-refractivity contribution in [2.45, 2.75) is 13.0 Å². The van der Waals surface area contributed by atoms with E-state index in [-0.39, 0.29) is 18.9 Å². The van der Waals surface area contributed by atoms with Gasteiger partial charge in [-0.25, -0.2) is 9.78 Å². The van der Waals surface area contributed by atoms with Gasteiger partial charge in [0.05, 0.1) is 17.2 Å². The Hall–Kier alpha value is -3.94. The van der Waals surface area contributed by atoms with Crippen molar-refractivity contribution in [2.24, 2.45) is 0 Å². The molecule has 0 atom stereocenters. The number of imidazole rings is 1. The van der Waals surface area contributed by atoms with Crippen molar-refractivity contribution < 1.29 is 4.79 Å². The smallest absolute Gasteiger partial charge is 0.326 e. The third-order valence-corrected chi connectivity index (χ3v) is 4.42. The fourth-order valence-corrected chi connectivity index (χ4v) is 3.03. The lowest BCUT2D eigenvalue weighted by Crippen LogP contribution is -2.31. The summed E-state index contributed by atoms with van der Waals surface area (Å²) in [6.45, 7) is 0.162. The number of H-pyrrole nitrogens is 1. The number of carbonyl (C=O) groups excluding carboxylic acids is 1. The molecule has 4 aromatic rings. The number of anilines is 1. The summed E-state index contributed by atoms with van der Waals surface area (Å²) in [5.74, 6) is -0.224. The Morgan fingerprint density at radius 3 is 2.61 bits per heavy atom. The lowest BCUT2D eigenvalue weighted by atomic mass is 10.2. The highest BCUT2D eigenvalue weighted by Crippen LogP contribution is 2.13. The molecular formula is C20H17N5O3. The van der Waals surface area contributed by atoms with Crippen molar-refractivity contribution in [2.75, 3.05) is 5.32 Å². The summed E-state index contributed by atoms with van der Waals surface area (Å²) in [7, 11) is 0. The highest BCUT2D eigenvalue weighted by atomic mass is 16.2. The third-order valence-electron chi connectivity index (χ3n) is 4.42. The lowest BCUT2D eigenvalue weighted by molar-refractivity contribution is -0.116. The van der Waals surface area contributed by atoms with Gasteiger partial charge in [0.25, 0.3) is 5.56 Å². The second-order valence-electron chi connectivity index (χ2n) is 6.24. The molecule has 0 unspecified atom stereocenters. The average Bonchev–Trinajstić information content (AvgIpc) is 3.23. The van der Waals surface area contributed by atoms with Crippen LogP contribution in [0.5, 0.6) is 0 Å². The Morgan fingerprint density at radius 2 is 1.86 bits per heavy atom. The van der Waals surface area contributed by atoms with Crippen LogP contribution in [0.25, 0.3) is 16.6 Å². The van der Waals surface area contributed by atoms with Gasteiger partial charge in [0.1, 0.15) is 0 Å². The van der Waals surface area contributed by atoms with Gasteiger partial charge in [-0.2, -0.15) is 0 Å². The van der Waals surface area contributed by atoms with Crippen LogP contribution in [0, 0.1) is 0 Å². The maximum absolute atomic E-state index is 12.3. The molecule has 0 radical (unpaired) electrons. The van der Waals surface area contributed by atoms with Gasteiger partial charge < -0.3 is 9.88 Å². The van der Waals surface area contributed by atoms with Crippen molar-refractivity contribution in [1.29, 1.82) is 0 Å². The number of aromatic nitrogens is 4. The van der Waals surface area contributed by atoms with Crippen molar-refractivity contribution >= 4 is 22.5 Å². The lowest BCUT2D eigenvalue weighted by Gasteiger charge is -2.10. The maximum atomic E-state index is 12.3. The van der Waals surface area contributed by atoms with Crippen LogP contribution in [0.2, 0.25) is 0 Å². The molecule has 8 nitrogen and oxygen atoms in total. The zero-order valence-corrected chi connectivity index (χ0v) is 14.8. The Bertz CT molecular complexity index is 1240. The molecule has 140 valence electrons. The number of nitrogens with one attached hydrogen (secondary N) is 2. The van der Waals surface area contributed by atoms with E-state index >= 15 is 0 Å². The third kappa shape index (κ3) is 3.48. The standard InChI is InChI=1S/C20H17N5O3/c26-18(22-14-5-7-15(8-6-14)24-12-10-21-13-24)9-11-25-17-4-2-1-3-16(17)19(27)23-20(25)28/h1-8,10,12-13H,9,11H2,(H,22,26)(H,23,27,28). The minimum absolute atomic E-state index is 0.0964. The highest BCUT2D eigenvalue weighted by molar-refractivity contribution is 5.90. The number of fused-ring (bicyclic) bond motifs is 1. The number of nitrogens with zero attached hydrogens (tertiary/aromatic N) is 3. The number of amides is 1. The van der Waals surface area contributed by atoms with E-state index < -0.39 is 11.2 Å². The first kappa shape index (κ1) is 17.5. The molecule has 0 bridgehead atoms. The first-order chi connectivity index (χ1) is 13.6. The van der Waals surface area contributed by atoms with E-state index in [2.05, 4.69) is 15.3 Å². The van der Waals surface area contributed by atoms with Crippen molar-refractivity contribution in [3.63, 3.8) is 0 Å². The number of hydrogen-bond donors (Lipinski definition) is 2. The number of benzene rings is 2. The van der Waals surface area contributed by atoms with E-state index in [4.69, 9.17) is 0 Å². The van der Waals surface area contributed by atoms with Crippen LogP contribution in [-0.4, -0.2) is 25.0 Å². The Morgan fingerprint density at radius 1 is 1.07 bits per heavy atom. The molecule has 2 aromatic carbocycles. The number of aromatic amines is 1. The quantitative estimate of drug-likeness (QED) is 0.556. The fraction of sp³-hybridized carbons (Fsp3) is 0.100. The van der Waals surface area contributed by atoms with E-state index in [1.807, 2.05) is 22.9 Å². The molecule has 0 saturated carbocycles.